The summed E-state index contributed by atoms with van der Waals surface area (Å²) in [7, 11) is 0. The van der Waals surface area contributed by atoms with Crippen LogP contribution in [0.2, 0.25) is 0 Å². The van der Waals surface area contributed by atoms with Crippen LogP contribution in [0.3, 0.4) is 0 Å². The van der Waals surface area contributed by atoms with E-state index in [2.05, 4.69) is 25.4 Å². The Morgan fingerprint density at radius 2 is 2.07 bits per heavy atom. The number of benzene rings is 1. The van der Waals surface area contributed by atoms with E-state index in [-0.39, 0.29) is 11.8 Å². The Morgan fingerprint density at radius 3 is 2.93 bits per heavy atom. The van der Waals surface area contributed by atoms with Gasteiger partial charge in [-0.2, -0.15) is 4.80 Å². The Kier molecular flexibility index (Phi) is 4.96. The smallest absolute Gasteiger partial charge is 0.254 e. The molecule has 10 nitrogen and oxygen atoms in total. The van der Waals surface area contributed by atoms with Crippen molar-refractivity contribution < 1.29 is 14.3 Å². The van der Waals surface area contributed by atoms with E-state index in [1.165, 1.54) is 0 Å². The number of tetrazole rings is 1. The zero-order valence-electron chi connectivity index (χ0n) is 16.3. The highest BCUT2D eigenvalue weighted by molar-refractivity contribution is 5.95. The SMILES string of the molecule is O=C(c1ccc2c(c1)OCCO2)N1CCC[C@@H](Cn2nnc(-c3cnccn3)n2)C1. The summed E-state index contributed by atoms with van der Waals surface area (Å²) >= 11 is 0. The number of ether oxygens (including phenoxy) is 2. The summed E-state index contributed by atoms with van der Waals surface area (Å²) in [4.78, 5) is 24.7. The first-order chi connectivity index (χ1) is 14.8. The van der Waals surface area contributed by atoms with Gasteiger partial charge in [-0.1, -0.05) is 0 Å². The summed E-state index contributed by atoms with van der Waals surface area (Å²) in [6.07, 6.45) is 6.75. The van der Waals surface area contributed by atoms with Crippen LogP contribution in [0.15, 0.2) is 36.8 Å². The fourth-order valence-electron chi connectivity index (χ4n) is 3.83. The summed E-state index contributed by atoms with van der Waals surface area (Å²) in [5.41, 5.74) is 1.20. The molecule has 0 radical (unpaired) electrons. The molecule has 30 heavy (non-hydrogen) atoms. The van der Waals surface area contributed by atoms with Crippen molar-refractivity contribution in [3.05, 3.63) is 42.4 Å². The second-order valence-electron chi connectivity index (χ2n) is 7.38. The largest absolute Gasteiger partial charge is 0.486 e. The maximum absolute atomic E-state index is 13.0. The van der Waals surface area contributed by atoms with Crippen LogP contribution in [-0.2, 0) is 6.54 Å². The van der Waals surface area contributed by atoms with E-state index in [1.807, 2.05) is 4.90 Å². The van der Waals surface area contributed by atoms with Gasteiger partial charge in [0.15, 0.2) is 11.5 Å². The molecule has 10 heteroatoms. The first-order valence-corrected chi connectivity index (χ1v) is 9.99. The number of nitrogens with zero attached hydrogens (tertiary/aromatic N) is 7. The zero-order chi connectivity index (χ0) is 20.3. The molecule has 1 fully saturated rings. The topological polar surface area (TPSA) is 108 Å². The highest BCUT2D eigenvalue weighted by Gasteiger charge is 2.26. The van der Waals surface area contributed by atoms with Crippen molar-refractivity contribution in [2.75, 3.05) is 26.3 Å². The van der Waals surface area contributed by atoms with Crippen LogP contribution in [0.1, 0.15) is 23.2 Å². The van der Waals surface area contributed by atoms with Crippen molar-refractivity contribution >= 4 is 5.91 Å². The highest BCUT2D eigenvalue weighted by atomic mass is 16.6. The lowest BCUT2D eigenvalue weighted by atomic mass is 9.97. The van der Waals surface area contributed by atoms with Crippen molar-refractivity contribution in [3.8, 4) is 23.0 Å². The zero-order valence-corrected chi connectivity index (χ0v) is 16.3. The minimum absolute atomic E-state index is 0.00321. The van der Waals surface area contributed by atoms with Crippen LogP contribution < -0.4 is 9.47 Å². The number of piperidine rings is 1. The molecule has 2 aliphatic heterocycles. The third kappa shape index (κ3) is 3.80. The van der Waals surface area contributed by atoms with E-state index in [4.69, 9.17) is 9.47 Å². The molecule has 0 unspecified atom stereocenters. The van der Waals surface area contributed by atoms with Gasteiger partial charge < -0.3 is 14.4 Å². The van der Waals surface area contributed by atoms with Crippen molar-refractivity contribution in [1.29, 1.82) is 0 Å². The van der Waals surface area contributed by atoms with Gasteiger partial charge in [0.05, 0.1) is 12.7 Å². The van der Waals surface area contributed by atoms with E-state index in [1.54, 1.807) is 41.6 Å². The molecule has 1 amide bonds. The number of carbonyl (C=O) groups excluding carboxylic acids is 1. The van der Waals surface area contributed by atoms with Gasteiger partial charge in [-0.15, -0.1) is 10.2 Å². The third-order valence-corrected chi connectivity index (χ3v) is 5.26. The number of likely N-dealkylation sites (tertiary alicyclic amines) is 1. The minimum atomic E-state index is 0.00321. The Bertz CT molecular complexity index is 1040. The first-order valence-electron chi connectivity index (χ1n) is 9.99. The van der Waals surface area contributed by atoms with E-state index < -0.39 is 0 Å². The second-order valence-corrected chi connectivity index (χ2v) is 7.38. The summed E-state index contributed by atoms with van der Waals surface area (Å²) in [6.45, 7) is 3.01. The summed E-state index contributed by atoms with van der Waals surface area (Å²) < 4.78 is 11.1. The lowest BCUT2D eigenvalue weighted by molar-refractivity contribution is 0.0655. The van der Waals surface area contributed by atoms with Crippen molar-refractivity contribution in [2.45, 2.75) is 19.4 Å². The first kappa shape index (κ1) is 18.5. The van der Waals surface area contributed by atoms with Crippen molar-refractivity contribution in [2.24, 2.45) is 5.92 Å². The average molecular weight is 407 g/mol. The lowest BCUT2D eigenvalue weighted by Crippen LogP contribution is -2.41. The lowest BCUT2D eigenvalue weighted by Gasteiger charge is -2.32. The molecular formula is C20H21N7O3. The number of carbonyl (C=O) groups is 1. The molecule has 1 saturated heterocycles. The number of fused-ring (bicyclic) bond motifs is 1. The van der Waals surface area contributed by atoms with E-state index in [0.29, 0.717) is 54.9 Å². The van der Waals surface area contributed by atoms with E-state index >= 15 is 0 Å². The molecule has 0 saturated carbocycles. The summed E-state index contributed by atoms with van der Waals surface area (Å²) in [5, 5.41) is 12.6. The monoisotopic (exact) mass is 407 g/mol. The van der Waals surface area contributed by atoms with Gasteiger partial charge in [-0.25, -0.2) is 4.98 Å². The number of hydrogen-bond donors (Lipinski definition) is 0. The number of aromatic nitrogens is 6. The number of rotatable bonds is 4. The molecule has 154 valence electrons. The molecule has 4 heterocycles. The highest BCUT2D eigenvalue weighted by Crippen LogP contribution is 2.31. The van der Waals surface area contributed by atoms with Gasteiger partial charge in [0.2, 0.25) is 5.82 Å². The molecule has 1 atom stereocenters. The van der Waals surface area contributed by atoms with Crippen molar-refractivity contribution in [1.82, 2.24) is 35.1 Å². The molecule has 3 aromatic rings. The van der Waals surface area contributed by atoms with Gasteiger partial charge >= 0.3 is 0 Å². The molecule has 0 bridgehead atoms. The van der Waals surface area contributed by atoms with Crippen LogP contribution in [0.4, 0.5) is 0 Å². The van der Waals surface area contributed by atoms with Crippen molar-refractivity contribution in [3.63, 3.8) is 0 Å². The Balaban J connectivity index is 1.25. The fraction of sp³-hybridized carbons (Fsp3) is 0.400. The predicted molar refractivity (Wildman–Crippen MR) is 105 cm³/mol. The third-order valence-electron chi connectivity index (χ3n) is 5.26. The van der Waals surface area contributed by atoms with Crippen LogP contribution in [0, 0.1) is 5.92 Å². The molecule has 5 rings (SSSR count). The van der Waals surface area contributed by atoms with Gasteiger partial charge in [0.1, 0.15) is 18.9 Å². The maximum atomic E-state index is 13.0. The molecule has 2 aromatic heterocycles. The Morgan fingerprint density at radius 1 is 1.17 bits per heavy atom. The van der Waals surface area contributed by atoms with Gasteiger partial charge in [0, 0.05) is 31.0 Å². The number of hydrogen-bond acceptors (Lipinski definition) is 8. The molecule has 0 N–H and O–H groups in total. The van der Waals surface area contributed by atoms with Gasteiger partial charge in [-0.3, -0.25) is 9.78 Å². The molecule has 0 spiro atoms. The quantitative estimate of drug-likeness (QED) is 0.639. The predicted octanol–water partition coefficient (Wildman–Crippen LogP) is 1.45. The fourth-order valence-corrected chi connectivity index (χ4v) is 3.83. The summed E-state index contributed by atoms with van der Waals surface area (Å²) in [6, 6.07) is 5.37. The van der Waals surface area contributed by atoms with Crippen LogP contribution in [-0.4, -0.2) is 67.3 Å². The second kappa shape index (κ2) is 8.05. The van der Waals surface area contributed by atoms with Crippen LogP contribution in [0.25, 0.3) is 11.5 Å². The van der Waals surface area contributed by atoms with E-state index in [0.717, 1.165) is 19.4 Å². The molecule has 0 aliphatic carbocycles. The molecular weight excluding hydrogens is 386 g/mol. The van der Waals surface area contributed by atoms with Crippen LogP contribution >= 0.6 is 0 Å². The minimum Gasteiger partial charge on any atom is -0.486 e. The van der Waals surface area contributed by atoms with Gasteiger partial charge in [0.25, 0.3) is 5.91 Å². The summed E-state index contributed by atoms with van der Waals surface area (Å²) in [5.74, 6) is 2.02. The van der Waals surface area contributed by atoms with Crippen LogP contribution in [0.5, 0.6) is 11.5 Å². The standard InChI is InChI=1S/C20H21N7O3/c28-20(15-3-4-17-18(10-15)30-9-8-29-17)26-7-1-2-14(12-26)13-27-24-19(23-25-27)16-11-21-5-6-22-16/h3-6,10-11,14H,1-2,7-9,12-13H2/t14-/m1/s1. The Labute approximate surface area is 172 Å². The Hall–Kier alpha value is -3.56. The van der Waals surface area contributed by atoms with E-state index in [9.17, 15) is 4.79 Å². The van der Waals surface area contributed by atoms with Gasteiger partial charge in [-0.05, 0) is 42.2 Å². The molecule has 1 aromatic carbocycles. The normalized spacial score (nSPS) is 18.3. The number of amides is 1. The average Bonchev–Trinajstić information content (AvgIpc) is 3.27. The molecule has 2 aliphatic rings. The maximum Gasteiger partial charge on any atom is 0.254 e.